The Balaban J connectivity index is 1.81. The highest BCUT2D eigenvalue weighted by Crippen LogP contribution is 2.14. The van der Waals surface area contributed by atoms with Gasteiger partial charge in [-0.3, -0.25) is 18.7 Å². The van der Waals surface area contributed by atoms with Gasteiger partial charge >= 0.3 is 0 Å². The number of nitrogens with one attached hydrogen (secondary N) is 1. The summed E-state index contributed by atoms with van der Waals surface area (Å²) in [6.45, 7) is 11.5. The molecule has 3 aromatic heterocycles. The number of aromatic nitrogens is 6. The normalized spacial score (nSPS) is 11.2. The second kappa shape index (κ2) is 7.15. The molecule has 0 aliphatic carbocycles. The van der Waals surface area contributed by atoms with E-state index in [-0.39, 0.29) is 5.56 Å². The highest BCUT2D eigenvalue weighted by atomic mass is 16.1. The summed E-state index contributed by atoms with van der Waals surface area (Å²) in [5, 5.41) is 12.1. The summed E-state index contributed by atoms with van der Waals surface area (Å²) in [5.41, 5.74) is 3.96. The molecule has 3 rings (SSSR count). The first-order chi connectivity index (χ1) is 12.4. The van der Waals surface area contributed by atoms with Gasteiger partial charge in [-0.1, -0.05) is 6.08 Å². The highest BCUT2D eigenvalue weighted by molar-refractivity contribution is 5.77. The van der Waals surface area contributed by atoms with Crippen LogP contribution in [0.5, 0.6) is 0 Å². The highest BCUT2D eigenvalue weighted by Gasteiger charge is 2.16. The van der Waals surface area contributed by atoms with Gasteiger partial charge in [0.1, 0.15) is 5.52 Å². The molecular weight excluding hydrogens is 330 g/mol. The minimum Gasteiger partial charge on any atom is -0.355 e. The Morgan fingerprint density at radius 1 is 1.27 bits per heavy atom. The molecule has 0 aromatic carbocycles. The summed E-state index contributed by atoms with van der Waals surface area (Å²) in [4.78, 5) is 17.5. The Labute approximate surface area is 152 Å². The molecule has 0 unspecified atom stereocenters. The van der Waals surface area contributed by atoms with E-state index >= 15 is 0 Å². The van der Waals surface area contributed by atoms with Crippen molar-refractivity contribution in [3.63, 3.8) is 0 Å². The van der Waals surface area contributed by atoms with Gasteiger partial charge in [0.2, 0.25) is 5.95 Å². The molecule has 0 fully saturated rings. The van der Waals surface area contributed by atoms with Crippen LogP contribution in [-0.4, -0.2) is 35.7 Å². The number of rotatable bonds is 7. The van der Waals surface area contributed by atoms with Crippen LogP contribution in [-0.2, 0) is 20.1 Å². The van der Waals surface area contributed by atoms with E-state index in [0.29, 0.717) is 30.1 Å². The van der Waals surface area contributed by atoms with Crippen LogP contribution in [0.25, 0.3) is 11.0 Å². The maximum absolute atomic E-state index is 12.8. The zero-order valence-electron chi connectivity index (χ0n) is 15.8. The molecule has 26 heavy (non-hydrogen) atoms. The smallest absolute Gasteiger partial charge is 0.281 e. The monoisotopic (exact) mass is 355 g/mol. The average molecular weight is 355 g/mol. The number of hydrogen-bond acceptors (Lipinski definition) is 5. The molecule has 0 aliphatic rings. The Morgan fingerprint density at radius 2 is 2.04 bits per heavy atom. The molecule has 1 N–H and O–H groups in total. The van der Waals surface area contributed by atoms with E-state index in [9.17, 15) is 4.79 Å². The van der Waals surface area contributed by atoms with Gasteiger partial charge in [0.25, 0.3) is 5.56 Å². The van der Waals surface area contributed by atoms with Crippen molar-refractivity contribution in [1.29, 1.82) is 0 Å². The molecule has 8 heteroatoms. The molecule has 3 aromatic rings. The Bertz CT molecular complexity index is 1010. The summed E-state index contributed by atoms with van der Waals surface area (Å²) < 4.78 is 5.18. The van der Waals surface area contributed by atoms with Gasteiger partial charge in [-0.25, -0.2) is 4.98 Å². The van der Waals surface area contributed by atoms with Gasteiger partial charge in [-0.15, -0.1) is 6.58 Å². The summed E-state index contributed by atoms with van der Waals surface area (Å²) in [6, 6.07) is 2.07. The van der Waals surface area contributed by atoms with Gasteiger partial charge in [-0.05, 0) is 33.3 Å². The van der Waals surface area contributed by atoms with Crippen LogP contribution in [0.2, 0.25) is 0 Å². The Kier molecular flexibility index (Phi) is 4.92. The molecule has 138 valence electrons. The first-order valence-electron chi connectivity index (χ1n) is 8.72. The van der Waals surface area contributed by atoms with Crippen LogP contribution in [0, 0.1) is 20.8 Å². The first kappa shape index (κ1) is 17.9. The largest absolute Gasteiger partial charge is 0.355 e. The molecular formula is C18H25N7O. The average Bonchev–Trinajstić information content (AvgIpc) is 3.05. The lowest BCUT2D eigenvalue weighted by atomic mass is 10.3. The van der Waals surface area contributed by atoms with E-state index in [1.165, 1.54) is 0 Å². The van der Waals surface area contributed by atoms with E-state index in [1.54, 1.807) is 22.4 Å². The van der Waals surface area contributed by atoms with E-state index in [4.69, 9.17) is 0 Å². The number of aryl methyl sites for hydroxylation is 5. The summed E-state index contributed by atoms with van der Waals surface area (Å²) in [5.74, 6) is 0.548. The molecule has 0 radical (unpaired) electrons. The Hall–Kier alpha value is -2.90. The summed E-state index contributed by atoms with van der Waals surface area (Å²) >= 11 is 0. The quantitative estimate of drug-likeness (QED) is 0.517. The number of allylic oxidation sites excluding steroid dienone is 1. The maximum Gasteiger partial charge on any atom is 0.281 e. The van der Waals surface area contributed by atoms with Crippen molar-refractivity contribution in [1.82, 2.24) is 29.1 Å². The van der Waals surface area contributed by atoms with Crippen molar-refractivity contribution in [2.75, 3.05) is 11.9 Å². The van der Waals surface area contributed by atoms with Crippen molar-refractivity contribution in [3.05, 3.63) is 46.2 Å². The van der Waals surface area contributed by atoms with E-state index in [2.05, 4.69) is 40.1 Å². The molecule has 0 spiro atoms. The number of fused-ring (bicyclic) bond motifs is 1. The Morgan fingerprint density at radius 3 is 2.69 bits per heavy atom. The van der Waals surface area contributed by atoms with Crippen LogP contribution >= 0.6 is 0 Å². The van der Waals surface area contributed by atoms with Crippen LogP contribution in [0.3, 0.4) is 0 Å². The first-order valence-corrected chi connectivity index (χ1v) is 8.72. The number of nitrogens with zero attached hydrogens (tertiary/aromatic N) is 6. The van der Waals surface area contributed by atoms with Crippen LogP contribution < -0.4 is 10.9 Å². The molecule has 0 amide bonds. The maximum atomic E-state index is 12.8. The number of anilines is 1. The lowest BCUT2D eigenvalue weighted by Gasteiger charge is -2.13. The lowest BCUT2D eigenvalue weighted by molar-refractivity contribution is 0.572. The lowest BCUT2D eigenvalue weighted by Crippen LogP contribution is -2.26. The van der Waals surface area contributed by atoms with Crippen LogP contribution in [0.1, 0.15) is 23.5 Å². The third-order valence-corrected chi connectivity index (χ3v) is 4.36. The van der Waals surface area contributed by atoms with Crippen molar-refractivity contribution in [2.24, 2.45) is 7.05 Å². The molecule has 0 aliphatic heterocycles. The summed E-state index contributed by atoms with van der Waals surface area (Å²) in [6.07, 6.45) is 2.56. The zero-order chi connectivity index (χ0) is 18.8. The fraction of sp³-hybridized carbons (Fsp3) is 0.444. The SMILES string of the molecule is C=CCn1c(NCCCn2nc(C)cc2C)nc2c(C)nn(C)c2c1=O. The molecule has 3 heterocycles. The van der Waals surface area contributed by atoms with Crippen molar-refractivity contribution < 1.29 is 0 Å². The minimum absolute atomic E-state index is 0.112. The zero-order valence-corrected chi connectivity index (χ0v) is 15.8. The molecule has 8 nitrogen and oxygen atoms in total. The van der Waals surface area contributed by atoms with Crippen LogP contribution in [0.15, 0.2) is 23.5 Å². The van der Waals surface area contributed by atoms with Gasteiger partial charge in [0.05, 0.1) is 11.4 Å². The van der Waals surface area contributed by atoms with Gasteiger partial charge < -0.3 is 5.32 Å². The summed E-state index contributed by atoms with van der Waals surface area (Å²) in [7, 11) is 1.76. The molecule has 0 saturated carbocycles. The van der Waals surface area contributed by atoms with E-state index in [1.807, 2.05) is 18.5 Å². The third kappa shape index (κ3) is 3.26. The van der Waals surface area contributed by atoms with Gasteiger partial charge in [0.15, 0.2) is 5.52 Å². The van der Waals surface area contributed by atoms with E-state index < -0.39 is 0 Å². The number of hydrogen-bond donors (Lipinski definition) is 1. The molecule has 0 saturated heterocycles. The van der Waals surface area contributed by atoms with Crippen molar-refractivity contribution in [2.45, 2.75) is 40.3 Å². The fourth-order valence-electron chi connectivity index (χ4n) is 3.17. The van der Waals surface area contributed by atoms with E-state index in [0.717, 1.165) is 30.0 Å². The second-order valence-corrected chi connectivity index (χ2v) is 6.48. The van der Waals surface area contributed by atoms with Gasteiger partial charge in [0, 0.05) is 32.4 Å². The second-order valence-electron chi connectivity index (χ2n) is 6.48. The predicted molar refractivity (Wildman–Crippen MR) is 103 cm³/mol. The molecule has 0 bridgehead atoms. The molecule has 0 atom stereocenters. The standard InChI is InChI=1S/C18H25N7O/c1-6-9-24-17(26)16-15(14(4)22-23(16)5)20-18(24)19-8-7-10-25-13(3)11-12(2)21-25/h6,11H,1,7-10H2,2-5H3,(H,19,20). The fourth-order valence-corrected chi connectivity index (χ4v) is 3.17. The van der Waals surface area contributed by atoms with Crippen molar-refractivity contribution >= 4 is 17.0 Å². The van der Waals surface area contributed by atoms with Crippen LogP contribution in [0.4, 0.5) is 5.95 Å². The predicted octanol–water partition coefficient (Wildman–Crippen LogP) is 1.94. The minimum atomic E-state index is -0.112. The third-order valence-electron chi connectivity index (χ3n) is 4.36. The van der Waals surface area contributed by atoms with Crippen molar-refractivity contribution in [3.8, 4) is 0 Å². The topological polar surface area (TPSA) is 82.6 Å². The van der Waals surface area contributed by atoms with Gasteiger partial charge in [-0.2, -0.15) is 10.2 Å².